The van der Waals surface area contributed by atoms with E-state index >= 15 is 0 Å². The highest BCUT2D eigenvalue weighted by Gasteiger charge is 2.30. The highest BCUT2D eigenvalue weighted by atomic mass is 16.5. The number of aliphatic hydroxyl groups excluding tert-OH is 1. The first-order valence-corrected chi connectivity index (χ1v) is 12.8. The molecule has 2 amide bonds. The third-order valence-corrected chi connectivity index (χ3v) is 6.67. The summed E-state index contributed by atoms with van der Waals surface area (Å²) in [5.74, 6) is 0.347. The maximum Gasteiger partial charge on any atom is 0.319 e. The average Bonchev–Trinajstić information content (AvgIpc) is 3.48. The van der Waals surface area contributed by atoms with E-state index in [9.17, 15) is 9.90 Å². The van der Waals surface area contributed by atoms with E-state index in [1.54, 1.807) is 13.3 Å². The van der Waals surface area contributed by atoms with Gasteiger partial charge in [-0.05, 0) is 49.3 Å². The number of hydrogen-bond acceptors (Lipinski definition) is 8. The normalized spacial score (nSPS) is 18.9. The second-order valence-electron chi connectivity index (χ2n) is 10.6. The lowest BCUT2D eigenvalue weighted by Gasteiger charge is -2.28. The van der Waals surface area contributed by atoms with Gasteiger partial charge in [0.1, 0.15) is 24.3 Å². The van der Waals surface area contributed by atoms with Crippen LogP contribution in [0.25, 0.3) is 11.2 Å². The van der Waals surface area contributed by atoms with Crippen molar-refractivity contribution in [3.05, 3.63) is 42.5 Å². The van der Waals surface area contributed by atoms with Crippen molar-refractivity contribution in [1.29, 1.82) is 0 Å². The van der Waals surface area contributed by atoms with Gasteiger partial charge in [0.25, 0.3) is 0 Å². The molecule has 11 heteroatoms. The van der Waals surface area contributed by atoms with Crippen LogP contribution in [0.1, 0.15) is 58.7 Å². The molecule has 1 aliphatic heterocycles. The van der Waals surface area contributed by atoms with Gasteiger partial charge in [-0.1, -0.05) is 32.9 Å². The molecule has 1 saturated heterocycles. The number of amides is 2. The van der Waals surface area contributed by atoms with Crippen molar-refractivity contribution >= 4 is 28.7 Å². The lowest BCUT2D eigenvalue weighted by atomic mass is 9.87. The molecule has 1 unspecified atom stereocenters. The number of urea groups is 1. The number of ether oxygens (including phenoxy) is 1. The van der Waals surface area contributed by atoms with Crippen LogP contribution >= 0.6 is 0 Å². The quantitative estimate of drug-likeness (QED) is 0.254. The average molecular weight is 511 g/mol. The summed E-state index contributed by atoms with van der Waals surface area (Å²) in [5.41, 5.74) is 9.15. The highest BCUT2D eigenvalue weighted by Crippen LogP contribution is 2.31. The second kappa shape index (κ2) is 11.4. The molecule has 0 aliphatic carbocycles. The minimum atomic E-state index is -0.626. The number of benzene rings is 1. The molecule has 0 radical (unpaired) electrons. The lowest BCUT2D eigenvalue weighted by Crippen LogP contribution is -2.41. The first-order valence-electron chi connectivity index (χ1n) is 12.8. The Bertz CT molecular complexity index is 1190. The fourth-order valence-electron chi connectivity index (χ4n) is 4.51. The molecular weight excluding hydrogens is 472 g/mol. The first kappa shape index (κ1) is 26.8. The molecule has 5 N–H and O–H groups in total. The van der Waals surface area contributed by atoms with Crippen LogP contribution in [0.4, 0.5) is 16.3 Å². The number of imidazole rings is 1. The summed E-state index contributed by atoms with van der Waals surface area (Å²) in [6.07, 6.45) is 4.61. The van der Waals surface area contributed by atoms with Crippen LogP contribution in [0.5, 0.6) is 0 Å². The summed E-state index contributed by atoms with van der Waals surface area (Å²) in [5, 5.41) is 16.1. The van der Waals surface area contributed by atoms with Crippen molar-refractivity contribution < 1.29 is 14.6 Å². The van der Waals surface area contributed by atoms with E-state index in [2.05, 4.69) is 46.4 Å². The monoisotopic (exact) mass is 510 g/mol. The van der Waals surface area contributed by atoms with Crippen molar-refractivity contribution in [2.24, 2.45) is 0 Å². The van der Waals surface area contributed by atoms with Crippen molar-refractivity contribution in [3.63, 3.8) is 0 Å². The Kier molecular flexibility index (Phi) is 8.25. The Hall–Kier alpha value is -3.28. The number of nitrogen functional groups attached to an aromatic ring is 1. The Labute approximate surface area is 217 Å². The van der Waals surface area contributed by atoms with E-state index in [-0.39, 0.29) is 23.8 Å². The Morgan fingerprint density at radius 3 is 2.70 bits per heavy atom. The zero-order chi connectivity index (χ0) is 26.6. The van der Waals surface area contributed by atoms with Gasteiger partial charge in [0.15, 0.2) is 11.5 Å². The number of carbonyl (C=O) groups is 1. The molecule has 0 bridgehead atoms. The number of aromatic nitrogens is 4. The molecule has 11 nitrogen and oxygen atoms in total. The third-order valence-electron chi connectivity index (χ3n) is 6.67. The molecule has 3 heterocycles. The van der Waals surface area contributed by atoms with E-state index in [1.165, 1.54) is 11.9 Å². The van der Waals surface area contributed by atoms with Crippen LogP contribution in [-0.2, 0) is 10.2 Å². The van der Waals surface area contributed by atoms with Gasteiger partial charge in [-0.3, -0.25) is 9.47 Å². The number of aliphatic hydroxyl groups is 1. The Morgan fingerprint density at radius 1 is 1.24 bits per heavy atom. The van der Waals surface area contributed by atoms with E-state index < -0.39 is 6.23 Å². The first-order chi connectivity index (χ1) is 17.6. The number of hydrogen-bond donors (Lipinski definition) is 4. The number of anilines is 2. The number of rotatable bonds is 9. The lowest BCUT2D eigenvalue weighted by molar-refractivity contribution is -0.0484. The van der Waals surface area contributed by atoms with Gasteiger partial charge in [-0.25, -0.2) is 19.7 Å². The summed E-state index contributed by atoms with van der Waals surface area (Å²) in [6, 6.07) is 7.65. The van der Waals surface area contributed by atoms with Gasteiger partial charge in [-0.15, -0.1) is 0 Å². The molecule has 3 aromatic rings. The van der Waals surface area contributed by atoms with Crippen molar-refractivity contribution in [1.82, 2.24) is 29.7 Å². The topological polar surface area (TPSA) is 143 Å². The number of nitrogens with two attached hydrogens (primary N) is 1. The molecule has 1 fully saturated rings. The van der Waals surface area contributed by atoms with E-state index in [1.807, 2.05) is 33.7 Å². The minimum absolute atomic E-state index is 0.0384. The predicted octanol–water partition coefficient (Wildman–Crippen LogP) is 3.24. The van der Waals surface area contributed by atoms with Crippen LogP contribution < -0.4 is 16.4 Å². The molecule has 4 rings (SSSR count). The molecule has 1 aliphatic rings. The molecule has 37 heavy (non-hydrogen) atoms. The highest BCUT2D eigenvalue weighted by molar-refractivity contribution is 5.89. The maximum atomic E-state index is 12.3. The zero-order valence-corrected chi connectivity index (χ0v) is 22.0. The maximum absolute atomic E-state index is 12.3. The fraction of sp³-hybridized carbons (Fsp3) is 0.538. The van der Waals surface area contributed by atoms with Crippen LogP contribution in [0.2, 0.25) is 0 Å². The van der Waals surface area contributed by atoms with Crippen LogP contribution in [0.3, 0.4) is 0 Å². The number of nitrogens with one attached hydrogen (secondary N) is 2. The molecule has 0 saturated carbocycles. The van der Waals surface area contributed by atoms with Crippen molar-refractivity contribution in [2.45, 2.75) is 70.9 Å². The Morgan fingerprint density at radius 2 is 2.00 bits per heavy atom. The standard InChI is InChI=1S/C26H38N8O3/c1-17(35)33(13-5-12-28-25(36)32-19-8-6-18(7-9-19)26(2,3)4)14-20-10-11-21(37-20)34-16-31-22-23(27)29-15-30-24(22)34/h6-9,15-17,20-21,35H,5,10-14H2,1-4H3,(H2,27,29,30)(H2,28,32,36)/t17?,20-,21+/m0/s1. The van der Waals surface area contributed by atoms with Gasteiger partial charge in [-0.2, -0.15) is 0 Å². The van der Waals surface area contributed by atoms with Gasteiger partial charge in [0, 0.05) is 25.3 Å². The summed E-state index contributed by atoms with van der Waals surface area (Å²) in [4.78, 5) is 26.9. The van der Waals surface area contributed by atoms with E-state index in [0.29, 0.717) is 43.0 Å². The summed E-state index contributed by atoms with van der Waals surface area (Å²) in [6.45, 7) is 9.92. The minimum Gasteiger partial charge on any atom is -0.382 e. The zero-order valence-electron chi connectivity index (χ0n) is 22.0. The van der Waals surface area contributed by atoms with Crippen molar-refractivity contribution in [3.8, 4) is 0 Å². The van der Waals surface area contributed by atoms with Crippen LogP contribution in [0, 0.1) is 0 Å². The molecular formula is C26H38N8O3. The largest absolute Gasteiger partial charge is 0.382 e. The van der Waals surface area contributed by atoms with Crippen LogP contribution in [0.15, 0.2) is 36.9 Å². The van der Waals surface area contributed by atoms with Gasteiger partial charge >= 0.3 is 6.03 Å². The van der Waals surface area contributed by atoms with Gasteiger partial charge in [0.2, 0.25) is 0 Å². The van der Waals surface area contributed by atoms with Gasteiger partial charge < -0.3 is 26.2 Å². The summed E-state index contributed by atoms with van der Waals surface area (Å²) in [7, 11) is 0. The Balaban J connectivity index is 1.21. The van der Waals surface area contributed by atoms with E-state index in [0.717, 1.165) is 18.5 Å². The smallest absolute Gasteiger partial charge is 0.319 e. The molecule has 200 valence electrons. The number of fused-ring (bicyclic) bond motifs is 1. The van der Waals surface area contributed by atoms with Crippen molar-refractivity contribution in [2.75, 3.05) is 30.7 Å². The second-order valence-corrected chi connectivity index (χ2v) is 10.6. The predicted molar refractivity (Wildman–Crippen MR) is 143 cm³/mol. The summed E-state index contributed by atoms with van der Waals surface area (Å²) < 4.78 is 8.15. The van der Waals surface area contributed by atoms with Crippen LogP contribution in [-0.4, -0.2) is 67.5 Å². The third kappa shape index (κ3) is 6.73. The fourth-order valence-corrected chi connectivity index (χ4v) is 4.51. The molecule has 2 aromatic heterocycles. The summed E-state index contributed by atoms with van der Waals surface area (Å²) >= 11 is 0. The van der Waals surface area contributed by atoms with E-state index in [4.69, 9.17) is 10.5 Å². The SMILES string of the molecule is CC(O)N(CCCNC(=O)Nc1ccc(C(C)(C)C)cc1)C[C@@H]1CC[C@H](n2cnc3c(N)ncnc32)O1. The molecule has 3 atom stereocenters. The molecule has 0 spiro atoms. The molecule has 1 aromatic carbocycles. The van der Waals surface area contributed by atoms with Gasteiger partial charge in [0.05, 0.1) is 12.4 Å². The number of nitrogens with zero attached hydrogens (tertiary/aromatic N) is 5. The number of carbonyl (C=O) groups excluding carboxylic acids is 1.